The number of hydrogen-bond donors (Lipinski definition) is 1. The zero-order valence-electron chi connectivity index (χ0n) is 15.1. The van der Waals surface area contributed by atoms with E-state index in [0.717, 1.165) is 12.1 Å². The quantitative estimate of drug-likeness (QED) is 0.631. The largest absolute Gasteiger partial charge is 0.465 e. The van der Waals surface area contributed by atoms with E-state index in [-0.39, 0.29) is 18.7 Å². The van der Waals surface area contributed by atoms with Crippen molar-refractivity contribution in [1.29, 1.82) is 0 Å². The monoisotopic (exact) mass is 387 g/mol. The van der Waals surface area contributed by atoms with E-state index in [4.69, 9.17) is 4.74 Å². The molecule has 0 spiro atoms. The van der Waals surface area contributed by atoms with Crippen LogP contribution in [0.5, 0.6) is 0 Å². The lowest BCUT2D eigenvalue weighted by molar-refractivity contribution is -0.154. The van der Waals surface area contributed by atoms with E-state index in [2.05, 4.69) is 10.1 Å². The molecule has 28 heavy (non-hydrogen) atoms. The predicted octanol–water partition coefficient (Wildman–Crippen LogP) is 2.79. The summed E-state index contributed by atoms with van der Waals surface area (Å²) in [6.07, 6.45) is 2.59. The van der Waals surface area contributed by atoms with Gasteiger partial charge in [0.2, 0.25) is 0 Å². The second kappa shape index (κ2) is 8.26. The molecule has 3 rings (SSSR count). The lowest BCUT2D eigenvalue weighted by Gasteiger charge is -2.35. The van der Waals surface area contributed by atoms with Crippen LogP contribution in [0.25, 0.3) is 0 Å². The Kier molecular flexibility index (Phi) is 5.79. The first kappa shape index (κ1) is 19.6. The Morgan fingerprint density at radius 2 is 2.00 bits per heavy atom. The first-order chi connectivity index (χ1) is 13.5. The van der Waals surface area contributed by atoms with Gasteiger partial charge in [0.25, 0.3) is 0 Å². The number of carbonyl (C=O) groups excluding carboxylic acids is 1. The molecule has 1 N–H and O–H groups in total. The van der Waals surface area contributed by atoms with Crippen LogP contribution in [0.2, 0.25) is 0 Å². The molecule has 0 saturated carbocycles. The lowest BCUT2D eigenvalue weighted by Crippen LogP contribution is -2.43. The molecule has 2 unspecified atom stereocenters. The van der Waals surface area contributed by atoms with Crippen LogP contribution in [0.1, 0.15) is 24.0 Å². The minimum absolute atomic E-state index is 0.0769. The van der Waals surface area contributed by atoms with Gasteiger partial charge in [-0.2, -0.15) is 5.10 Å². The fourth-order valence-electron chi connectivity index (χ4n) is 3.21. The van der Waals surface area contributed by atoms with Crippen molar-refractivity contribution >= 4 is 5.97 Å². The fourth-order valence-corrected chi connectivity index (χ4v) is 3.21. The highest BCUT2D eigenvalue weighted by molar-refractivity contribution is 5.80. The average molecular weight is 387 g/mol. The van der Waals surface area contributed by atoms with E-state index in [1.54, 1.807) is 37.3 Å². The molecule has 3 aromatic rings. The molecule has 1 aromatic heterocycles. The van der Waals surface area contributed by atoms with Gasteiger partial charge in [0.05, 0.1) is 13.2 Å². The zero-order chi connectivity index (χ0) is 20.1. The number of aromatic nitrogens is 3. The number of aliphatic hydroxyl groups is 1. The maximum absolute atomic E-state index is 14.7. The molecule has 0 radical (unpaired) electrons. The van der Waals surface area contributed by atoms with Gasteiger partial charge in [0, 0.05) is 11.6 Å². The zero-order valence-corrected chi connectivity index (χ0v) is 15.1. The summed E-state index contributed by atoms with van der Waals surface area (Å²) in [5, 5.41) is 15.6. The van der Waals surface area contributed by atoms with Crippen LogP contribution >= 0.6 is 0 Å². The van der Waals surface area contributed by atoms with E-state index in [1.165, 1.54) is 17.3 Å². The topological polar surface area (TPSA) is 77.2 Å². The smallest absolute Gasteiger partial charge is 0.316 e. The number of halogens is 2. The van der Waals surface area contributed by atoms with Crippen LogP contribution in [0.4, 0.5) is 8.78 Å². The fraction of sp³-hybridized carbons (Fsp3) is 0.250. The summed E-state index contributed by atoms with van der Waals surface area (Å²) < 4.78 is 34.6. The Morgan fingerprint density at radius 3 is 2.61 bits per heavy atom. The van der Waals surface area contributed by atoms with Gasteiger partial charge >= 0.3 is 5.97 Å². The molecule has 1 heterocycles. The average Bonchev–Trinajstić information content (AvgIpc) is 3.15. The minimum Gasteiger partial charge on any atom is -0.465 e. The molecule has 0 fully saturated rings. The third kappa shape index (κ3) is 3.91. The molecular weight excluding hydrogens is 368 g/mol. The molecule has 0 aliphatic heterocycles. The summed E-state index contributed by atoms with van der Waals surface area (Å²) in [5.74, 6) is -3.79. The van der Waals surface area contributed by atoms with Crippen molar-refractivity contribution in [3.05, 3.63) is 83.9 Å². The van der Waals surface area contributed by atoms with Crippen LogP contribution in [-0.2, 0) is 21.7 Å². The number of rotatable bonds is 7. The molecule has 146 valence electrons. The van der Waals surface area contributed by atoms with Crippen LogP contribution in [0.15, 0.2) is 61.2 Å². The molecule has 8 heteroatoms. The molecule has 0 saturated heterocycles. The lowest BCUT2D eigenvalue weighted by atomic mass is 9.76. The first-order valence-electron chi connectivity index (χ1n) is 8.67. The summed E-state index contributed by atoms with van der Waals surface area (Å²) in [7, 11) is 0. The standard InChI is InChI=1S/C20H19F2N3O3/c1-2-28-19(26)18(14-6-4-3-5-7-14)20(27,11-25-13-23-12-24-25)16-9-8-15(21)10-17(16)22/h3-10,12-13,18,27H,2,11H2,1H3. The number of hydrogen-bond acceptors (Lipinski definition) is 5. The van der Waals surface area contributed by atoms with E-state index < -0.39 is 29.1 Å². The van der Waals surface area contributed by atoms with Crippen LogP contribution in [0.3, 0.4) is 0 Å². The molecule has 2 atom stereocenters. The van der Waals surface area contributed by atoms with Crippen molar-refractivity contribution in [3.8, 4) is 0 Å². The molecule has 0 aliphatic carbocycles. The Labute approximate surface area is 160 Å². The second-order valence-electron chi connectivity index (χ2n) is 6.24. The third-order valence-electron chi connectivity index (χ3n) is 4.40. The van der Waals surface area contributed by atoms with Gasteiger partial charge in [-0.05, 0) is 18.6 Å². The van der Waals surface area contributed by atoms with Gasteiger partial charge in [-0.3, -0.25) is 4.79 Å². The molecule has 2 aromatic carbocycles. The summed E-state index contributed by atoms with van der Waals surface area (Å²) in [6, 6.07) is 11.2. The first-order valence-corrected chi connectivity index (χ1v) is 8.67. The Balaban J connectivity index is 2.20. The molecule has 6 nitrogen and oxygen atoms in total. The van der Waals surface area contributed by atoms with Crippen LogP contribution < -0.4 is 0 Å². The normalized spacial score (nSPS) is 14.3. The van der Waals surface area contributed by atoms with Crippen LogP contribution in [0, 0.1) is 11.6 Å². The summed E-state index contributed by atoms with van der Waals surface area (Å²) >= 11 is 0. The van der Waals surface area contributed by atoms with Crippen molar-refractivity contribution in [1.82, 2.24) is 14.8 Å². The highest BCUT2D eigenvalue weighted by Gasteiger charge is 2.47. The summed E-state index contributed by atoms with van der Waals surface area (Å²) in [4.78, 5) is 16.7. The van der Waals surface area contributed by atoms with Gasteiger partial charge in [0.1, 0.15) is 35.8 Å². The summed E-state index contributed by atoms with van der Waals surface area (Å²) in [5.41, 5.74) is -1.93. The number of esters is 1. The number of benzene rings is 2. The van der Waals surface area contributed by atoms with Crippen molar-refractivity contribution in [2.45, 2.75) is 25.0 Å². The third-order valence-corrected chi connectivity index (χ3v) is 4.40. The van der Waals surface area contributed by atoms with Crippen LogP contribution in [-0.4, -0.2) is 32.4 Å². The maximum Gasteiger partial charge on any atom is 0.316 e. The predicted molar refractivity (Wildman–Crippen MR) is 96.1 cm³/mol. The van der Waals surface area contributed by atoms with E-state index >= 15 is 0 Å². The Morgan fingerprint density at radius 1 is 1.25 bits per heavy atom. The van der Waals surface area contributed by atoms with Crippen molar-refractivity contribution in [2.75, 3.05) is 6.61 Å². The highest BCUT2D eigenvalue weighted by Crippen LogP contribution is 2.40. The van der Waals surface area contributed by atoms with Gasteiger partial charge < -0.3 is 9.84 Å². The highest BCUT2D eigenvalue weighted by atomic mass is 19.1. The number of nitrogens with zero attached hydrogens (tertiary/aromatic N) is 3. The SMILES string of the molecule is CCOC(=O)C(c1ccccc1)C(O)(Cn1cncn1)c1ccc(F)cc1F. The number of carbonyl (C=O) groups is 1. The van der Waals surface area contributed by atoms with Crippen molar-refractivity contribution in [3.63, 3.8) is 0 Å². The Hall–Kier alpha value is -3.13. The number of ether oxygens (including phenoxy) is 1. The van der Waals surface area contributed by atoms with Gasteiger partial charge in [-0.15, -0.1) is 0 Å². The minimum atomic E-state index is -2.11. The van der Waals surface area contributed by atoms with E-state index in [0.29, 0.717) is 11.6 Å². The molecule has 0 amide bonds. The molecule has 0 aliphatic rings. The summed E-state index contributed by atoms with van der Waals surface area (Å²) in [6.45, 7) is 1.41. The Bertz CT molecular complexity index is 935. The van der Waals surface area contributed by atoms with E-state index in [9.17, 15) is 18.7 Å². The van der Waals surface area contributed by atoms with Gasteiger partial charge in [0.15, 0.2) is 0 Å². The van der Waals surface area contributed by atoms with Crippen molar-refractivity contribution in [2.24, 2.45) is 0 Å². The molecular formula is C20H19F2N3O3. The molecule has 0 bridgehead atoms. The van der Waals surface area contributed by atoms with Crippen molar-refractivity contribution < 1.29 is 23.4 Å². The second-order valence-corrected chi connectivity index (χ2v) is 6.24. The van der Waals surface area contributed by atoms with Gasteiger partial charge in [-0.25, -0.2) is 18.4 Å². The van der Waals surface area contributed by atoms with E-state index in [1.807, 2.05) is 0 Å². The van der Waals surface area contributed by atoms with Gasteiger partial charge in [-0.1, -0.05) is 36.4 Å². The maximum atomic E-state index is 14.7.